The van der Waals surface area contributed by atoms with Crippen molar-refractivity contribution in [2.45, 2.75) is 25.7 Å². The lowest BCUT2D eigenvalue weighted by Gasteiger charge is -2.30. The van der Waals surface area contributed by atoms with Gasteiger partial charge in [-0.05, 0) is 62.2 Å². The molecule has 3 rings (SSSR count). The van der Waals surface area contributed by atoms with Gasteiger partial charge in [-0.3, -0.25) is 0 Å². The van der Waals surface area contributed by atoms with Gasteiger partial charge in [-0.1, -0.05) is 0 Å². The minimum absolute atomic E-state index is 0.0846. The summed E-state index contributed by atoms with van der Waals surface area (Å²) in [7, 11) is 1.55. The Kier molecular flexibility index (Phi) is 5.00. The molecule has 2 aromatic rings. The van der Waals surface area contributed by atoms with Gasteiger partial charge in [0.15, 0.2) is 11.6 Å². The smallest absolute Gasteiger partial charge is 0.164 e. The van der Waals surface area contributed by atoms with Crippen LogP contribution in [-0.2, 0) is 11.8 Å². The van der Waals surface area contributed by atoms with Gasteiger partial charge in [0.25, 0.3) is 0 Å². The number of methoxy groups -OCH3 is 1. The molecule has 0 amide bonds. The standard InChI is InChI=1S/C21H21F3N2O/c1-4-26-18-8-5-13(27-3)11-15(18)21(2,19(26)9-10-25)12-14-16(22)6-7-17(23)20(14)24/h5-11,25H,4,12H2,1-3H3/b19-9-,25-10?. The van der Waals surface area contributed by atoms with Crippen LogP contribution in [0.4, 0.5) is 18.9 Å². The third-order valence-corrected chi connectivity index (χ3v) is 5.17. The number of hydrogen-bond donors (Lipinski definition) is 1. The molecule has 1 unspecified atom stereocenters. The second-order valence-electron chi connectivity index (χ2n) is 6.68. The summed E-state index contributed by atoms with van der Waals surface area (Å²) in [4.78, 5) is 1.99. The Labute approximate surface area is 156 Å². The summed E-state index contributed by atoms with van der Waals surface area (Å²) in [5.41, 5.74) is 1.27. The maximum absolute atomic E-state index is 14.4. The summed E-state index contributed by atoms with van der Waals surface area (Å²) >= 11 is 0. The van der Waals surface area contributed by atoms with Gasteiger partial charge >= 0.3 is 0 Å². The molecule has 0 fully saturated rings. The van der Waals surface area contributed by atoms with E-state index in [0.29, 0.717) is 12.3 Å². The first-order chi connectivity index (χ1) is 12.9. The van der Waals surface area contributed by atoms with Gasteiger partial charge in [0.05, 0.1) is 7.11 Å². The van der Waals surface area contributed by atoms with E-state index in [9.17, 15) is 13.2 Å². The summed E-state index contributed by atoms with van der Waals surface area (Å²) in [6, 6.07) is 7.26. The van der Waals surface area contributed by atoms with E-state index in [1.807, 2.05) is 36.9 Å². The molecule has 6 heteroatoms. The largest absolute Gasteiger partial charge is 0.497 e. The zero-order chi connectivity index (χ0) is 19.8. The first-order valence-electron chi connectivity index (χ1n) is 8.67. The van der Waals surface area contributed by atoms with Crippen LogP contribution in [0.1, 0.15) is 25.0 Å². The summed E-state index contributed by atoms with van der Waals surface area (Å²) in [5.74, 6) is -2.43. The minimum atomic E-state index is -1.18. The van der Waals surface area contributed by atoms with Gasteiger partial charge in [0.2, 0.25) is 0 Å². The Hall–Kier alpha value is -2.76. The van der Waals surface area contributed by atoms with Gasteiger partial charge in [-0.15, -0.1) is 0 Å². The Bertz CT molecular complexity index is 926. The Balaban J connectivity index is 2.24. The first kappa shape index (κ1) is 19.0. The highest BCUT2D eigenvalue weighted by molar-refractivity contribution is 5.79. The lowest BCUT2D eigenvalue weighted by atomic mass is 9.76. The molecule has 0 saturated heterocycles. The summed E-state index contributed by atoms with van der Waals surface area (Å²) in [6.07, 6.45) is 2.68. The van der Waals surface area contributed by atoms with E-state index in [1.165, 1.54) is 0 Å². The number of hydrogen-bond acceptors (Lipinski definition) is 3. The molecule has 2 aromatic carbocycles. The monoisotopic (exact) mass is 374 g/mol. The van der Waals surface area contributed by atoms with Crippen molar-refractivity contribution in [3.05, 3.63) is 70.7 Å². The third-order valence-electron chi connectivity index (χ3n) is 5.17. The van der Waals surface area contributed by atoms with Crippen LogP contribution < -0.4 is 9.64 Å². The van der Waals surface area contributed by atoms with E-state index < -0.39 is 22.9 Å². The van der Waals surface area contributed by atoms with Crippen LogP contribution in [0.2, 0.25) is 0 Å². The second kappa shape index (κ2) is 7.10. The van der Waals surface area contributed by atoms with Crippen molar-refractivity contribution in [1.82, 2.24) is 0 Å². The maximum atomic E-state index is 14.4. The van der Waals surface area contributed by atoms with Crippen LogP contribution in [0, 0.1) is 22.9 Å². The molecule has 3 nitrogen and oxygen atoms in total. The third kappa shape index (κ3) is 2.99. The van der Waals surface area contributed by atoms with Crippen LogP contribution in [-0.4, -0.2) is 19.9 Å². The molecule has 0 aliphatic carbocycles. The van der Waals surface area contributed by atoms with Gasteiger partial charge in [0.1, 0.15) is 11.6 Å². The summed E-state index contributed by atoms with van der Waals surface area (Å²) in [5, 5.41) is 7.53. The molecule has 1 heterocycles. The summed E-state index contributed by atoms with van der Waals surface area (Å²) in [6.45, 7) is 4.42. The van der Waals surface area contributed by atoms with Crippen molar-refractivity contribution in [3.63, 3.8) is 0 Å². The van der Waals surface area contributed by atoms with Gasteiger partial charge in [0, 0.05) is 35.1 Å². The van der Waals surface area contributed by atoms with Gasteiger partial charge < -0.3 is 15.0 Å². The van der Waals surface area contributed by atoms with E-state index in [2.05, 4.69) is 0 Å². The van der Waals surface area contributed by atoms with Gasteiger partial charge in [-0.2, -0.15) is 0 Å². The molecule has 0 radical (unpaired) electrons. The number of anilines is 1. The number of fused-ring (bicyclic) bond motifs is 1. The fraction of sp³-hybridized carbons (Fsp3) is 0.286. The first-order valence-corrected chi connectivity index (χ1v) is 8.67. The number of rotatable bonds is 5. The fourth-order valence-electron chi connectivity index (χ4n) is 3.85. The SMILES string of the molecule is CCN1/C(=C\C=N)C(C)(Cc2c(F)ccc(F)c2F)c2cc(OC)ccc21. The quantitative estimate of drug-likeness (QED) is 0.591. The lowest BCUT2D eigenvalue weighted by Crippen LogP contribution is -2.31. The van der Waals surface area contributed by atoms with E-state index in [1.54, 1.807) is 13.2 Å². The predicted molar refractivity (Wildman–Crippen MR) is 100 cm³/mol. The Morgan fingerprint density at radius 2 is 1.85 bits per heavy atom. The number of allylic oxidation sites excluding steroid dienone is 2. The van der Waals surface area contributed by atoms with E-state index >= 15 is 0 Å². The van der Waals surface area contributed by atoms with Crippen LogP contribution in [0.25, 0.3) is 0 Å². The van der Waals surface area contributed by atoms with E-state index in [4.69, 9.17) is 10.1 Å². The molecule has 1 aliphatic rings. The highest BCUT2D eigenvalue weighted by Crippen LogP contribution is 2.51. The zero-order valence-electron chi connectivity index (χ0n) is 15.4. The number of ether oxygens (including phenoxy) is 1. The normalized spacial score (nSPS) is 20.1. The molecule has 1 aliphatic heterocycles. The summed E-state index contributed by atoms with van der Waals surface area (Å²) < 4.78 is 47.8. The molecular weight excluding hydrogens is 353 g/mol. The van der Waals surface area contributed by atoms with Crippen LogP contribution >= 0.6 is 0 Å². The number of likely N-dealkylation sites (N-methyl/N-ethyl adjacent to an activating group) is 1. The van der Waals surface area contributed by atoms with Crippen molar-refractivity contribution in [2.75, 3.05) is 18.6 Å². The molecule has 0 bridgehead atoms. The zero-order valence-corrected chi connectivity index (χ0v) is 15.4. The van der Waals surface area contributed by atoms with Crippen molar-refractivity contribution in [3.8, 4) is 5.75 Å². The highest BCUT2D eigenvalue weighted by Gasteiger charge is 2.44. The number of halogens is 3. The molecule has 142 valence electrons. The molecule has 0 aromatic heterocycles. The molecule has 0 saturated carbocycles. The topological polar surface area (TPSA) is 36.3 Å². The van der Waals surface area contributed by atoms with E-state index in [-0.39, 0.29) is 12.0 Å². The molecule has 1 atom stereocenters. The fourth-order valence-corrected chi connectivity index (χ4v) is 3.85. The maximum Gasteiger partial charge on any atom is 0.164 e. The van der Waals surface area contributed by atoms with Gasteiger partial charge in [-0.25, -0.2) is 13.2 Å². The second-order valence-corrected chi connectivity index (χ2v) is 6.68. The molecule has 1 N–H and O–H groups in total. The molecule has 27 heavy (non-hydrogen) atoms. The molecule has 0 spiro atoms. The lowest BCUT2D eigenvalue weighted by molar-refractivity contribution is 0.412. The Morgan fingerprint density at radius 1 is 1.15 bits per heavy atom. The van der Waals surface area contributed by atoms with Crippen molar-refractivity contribution in [1.29, 1.82) is 5.41 Å². The van der Waals surface area contributed by atoms with Crippen molar-refractivity contribution >= 4 is 11.9 Å². The Morgan fingerprint density at radius 3 is 2.48 bits per heavy atom. The number of nitrogens with one attached hydrogen (secondary N) is 1. The average molecular weight is 374 g/mol. The van der Waals surface area contributed by atoms with Crippen molar-refractivity contribution in [2.24, 2.45) is 0 Å². The van der Waals surface area contributed by atoms with Crippen molar-refractivity contribution < 1.29 is 17.9 Å². The van der Waals surface area contributed by atoms with Crippen LogP contribution in [0.5, 0.6) is 5.75 Å². The van der Waals surface area contributed by atoms with Crippen LogP contribution in [0.15, 0.2) is 42.1 Å². The highest BCUT2D eigenvalue weighted by atomic mass is 19.2. The molecular formula is C21H21F3N2O. The van der Waals surface area contributed by atoms with Crippen LogP contribution in [0.3, 0.4) is 0 Å². The van der Waals surface area contributed by atoms with E-state index in [0.717, 1.165) is 35.3 Å². The number of benzene rings is 2. The average Bonchev–Trinajstić information content (AvgIpc) is 2.90. The minimum Gasteiger partial charge on any atom is -0.497 e. The predicted octanol–water partition coefficient (Wildman–Crippen LogP) is 4.99. The number of nitrogens with zero attached hydrogens (tertiary/aromatic N) is 1.